The number of carbonyl (C=O) groups excluding carboxylic acids is 2. The number of hydrogen-bond acceptors (Lipinski definition) is 10. The molecule has 0 bridgehead atoms. The Morgan fingerprint density at radius 2 is 1.88 bits per heavy atom. The van der Waals surface area contributed by atoms with Crippen LogP contribution in [0.25, 0.3) is 0 Å². The molecule has 0 amide bonds. The molecule has 3 aliphatic heterocycles. The van der Waals surface area contributed by atoms with E-state index in [0.29, 0.717) is 18.4 Å². The summed E-state index contributed by atoms with van der Waals surface area (Å²) >= 11 is 0. The van der Waals surface area contributed by atoms with Gasteiger partial charge in [-0.3, -0.25) is 0 Å². The first-order valence-corrected chi connectivity index (χ1v) is 10.9. The highest BCUT2D eigenvalue weighted by Crippen LogP contribution is 2.69. The fourth-order valence-electron chi connectivity index (χ4n) is 7.20. The average molecular weight is 454 g/mol. The molecule has 0 spiro atoms. The molecule has 10 atom stereocenters. The van der Waals surface area contributed by atoms with Crippen molar-refractivity contribution in [3.8, 4) is 0 Å². The number of ether oxygens (including phenoxy) is 5. The van der Waals surface area contributed by atoms with Crippen LogP contribution in [0.3, 0.4) is 0 Å². The Bertz CT molecular complexity index is 884. The highest BCUT2D eigenvalue weighted by atomic mass is 16.8. The van der Waals surface area contributed by atoms with Crippen molar-refractivity contribution in [3.05, 3.63) is 11.6 Å². The van der Waals surface area contributed by atoms with Crippen LogP contribution in [0.2, 0.25) is 0 Å². The van der Waals surface area contributed by atoms with E-state index in [-0.39, 0.29) is 24.9 Å². The van der Waals surface area contributed by atoms with E-state index in [2.05, 4.69) is 0 Å². The summed E-state index contributed by atoms with van der Waals surface area (Å²) in [6, 6.07) is 0. The van der Waals surface area contributed by atoms with Gasteiger partial charge in [-0.25, -0.2) is 9.59 Å². The van der Waals surface area contributed by atoms with Crippen LogP contribution in [0.1, 0.15) is 33.1 Å². The van der Waals surface area contributed by atoms with E-state index < -0.39 is 58.8 Å². The van der Waals surface area contributed by atoms with Crippen molar-refractivity contribution in [3.63, 3.8) is 0 Å². The monoisotopic (exact) mass is 454 g/mol. The summed E-state index contributed by atoms with van der Waals surface area (Å²) < 4.78 is 26.7. The maximum Gasteiger partial charge on any atom is 0.339 e. The largest absolute Gasteiger partial charge is 0.463 e. The molecule has 0 aromatic carbocycles. The van der Waals surface area contributed by atoms with Gasteiger partial charge in [0, 0.05) is 36.5 Å². The fraction of sp³-hybridized carbons (Fsp3) is 0.818. The SMILES string of the molecule is CO[C@@H]1O[C@H](OC)[C@](O)([C@@H]2C[C@]3(C)C(=CC[C@]4(C)[C@H]3C[C@H]3COC(=O)[C@]34O)C(=O)O2)[C@H]1O. The zero-order valence-corrected chi connectivity index (χ0v) is 18.6. The van der Waals surface area contributed by atoms with Crippen molar-refractivity contribution in [2.45, 2.75) is 69.1 Å². The maximum absolute atomic E-state index is 13.1. The lowest BCUT2D eigenvalue weighted by atomic mass is 9.51. The summed E-state index contributed by atoms with van der Waals surface area (Å²) in [5.41, 5.74) is -4.93. The van der Waals surface area contributed by atoms with Gasteiger partial charge in [-0.2, -0.15) is 0 Å². The Morgan fingerprint density at radius 3 is 2.53 bits per heavy atom. The summed E-state index contributed by atoms with van der Waals surface area (Å²) in [5.74, 6) is -1.85. The van der Waals surface area contributed by atoms with Crippen LogP contribution in [0.15, 0.2) is 11.6 Å². The van der Waals surface area contributed by atoms with Crippen molar-refractivity contribution in [2.24, 2.45) is 22.7 Å². The highest BCUT2D eigenvalue weighted by Gasteiger charge is 2.75. The number of carbonyl (C=O) groups is 2. The first-order valence-electron chi connectivity index (χ1n) is 10.9. The van der Waals surface area contributed by atoms with E-state index in [1.165, 1.54) is 14.2 Å². The Hall–Kier alpha value is -1.56. The summed E-state index contributed by atoms with van der Waals surface area (Å²) in [5, 5.41) is 33.8. The normalized spacial score (nSPS) is 54.4. The third-order valence-electron chi connectivity index (χ3n) is 9.00. The topological polar surface area (TPSA) is 141 Å². The molecule has 0 aromatic rings. The van der Waals surface area contributed by atoms with Crippen molar-refractivity contribution in [1.29, 1.82) is 0 Å². The number of cyclic esters (lactones) is 2. The molecule has 0 unspecified atom stereocenters. The van der Waals surface area contributed by atoms with Crippen molar-refractivity contribution < 1.29 is 48.6 Å². The minimum absolute atomic E-state index is 0.137. The number of methoxy groups -OCH3 is 2. The van der Waals surface area contributed by atoms with Crippen molar-refractivity contribution in [1.82, 2.24) is 0 Å². The molecule has 10 nitrogen and oxygen atoms in total. The lowest BCUT2D eigenvalue weighted by Crippen LogP contribution is -2.64. The number of fused-ring (bicyclic) bond motifs is 5. The van der Waals surface area contributed by atoms with Gasteiger partial charge in [-0.05, 0) is 25.2 Å². The molecule has 0 aromatic heterocycles. The second-order valence-electron chi connectivity index (χ2n) is 10.2. The van der Waals surface area contributed by atoms with Crippen LogP contribution in [0.4, 0.5) is 0 Å². The average Bonchev–Trinajstić information content (AvgIpc) is 3.28. The molecule has 10 heteroatoms. The van der Waals surface area contributed by atoms with Crippen LogP contribution in [0.5, 0.6) is 0 Å². The Kier molecular flexibility index (Phi) is 4.68. The standard InChI is InChI=1S/C22H30O10/c1-19-8-13(21(26)14(23)16(28-3)32-18(21)29-4)31-15(24)11(19)5-6-20(2)12(19)7-10-9-30-17(25)22(10,20)27/h5,10,12-14,16,18,23,26-27H,6-9H2,1-4H3/t10-,12-,13-,14-,16+,18-,19+,20+,21-,22+/m0/s1. The van der Waals surface area contributed by atoms with Crippen LogP contribution in [-0.2, 0) is 33.3 Å². The lowest BCUT2D eigenvalue weighted by Gasteiger charge is -2.55. The Labute approximate surface area is 185 Å². The van der Waals surface area contributed by atoms with Gasteiger partial charge in [0.25, 0.3) is 0 Å². The molecule has 2 aliphatic carbocycles. The van der Waals surface area contributed by atoms with Gasteiger partial charge < -0.3 is 39.0 Å². The molecule has 32 heavy (non-hydrogen) atoms. The van der Waals surface area contributed by atoms with E-state index in [9.17, 15) is 24.9 Å². The number of rotatable bonds is 3. The van der Waals surface area contributed by atoms with Gasteiger partial charge in [0.05, 0.1) is 6.61 Å². The highest BCUT2D eigenvalue weighted by molar-refractivity contribution is 5.92. The molecular weight excluding hydrogens is 424 g/mol. The second-order valence-corrected chi connectivity index (χ2v) is 10.2. The summed E-state index contributed by atoms with van der Waals surface area (Å²) in [6.45, 7) is 3.89. The van der Waals surface area contributed by atoms with E-state index in [1.54, 1.807) is 6.08 Å². The van der Waals surface area contributed by atoms with Crippen LogP contribution in [0, 0.1) is 22.7 Å². The molecular formula is C22H30O10. The van der Waals surface area contributed by atoms with E-state index >= 15 is 0 Å². The van der Waals surface area contributed by atoms with Crippen LogP contribution >= 0.6 is 0 Å². The fourth-order valence-corrected chi connectivity index (χ4v) is 7.20. The van der Waals surface area contributed by atoms with Gasteiger partial charge in [-0.1, -0.05) is 19.9 Å². The van der Waals surface area contributed by atoms with Crippen LogP contribution < -0.4 is 0 Å². The zero-order valence-electron chi connectivity index (χ0n) is 18.6. The predicted octanol–water partition coefficient (Wildman–Crippen LogP) is -0.364. The third kappa shape index (κ3) is 2.35. The van der Waals surface area contributed by atoms with Gasteiger partial charge in [0.15, 0.2) is 23.8 Å². The number of esters is 2. The molecule has 3 saturated heterocycles. The number of aliphatic hydroxyl groups excluding tert-OH is 1. The Morgan fingerprint density at radius 1 is 1.16 bits per heavy atom. The van der Waals surface area contributed by atoms with Gasteiger partial charge in [-0.15, -0.1) is 0 Å². The number of allylic oxidation sites excluding steroid dienone is 1. The molecule has 1 saturated carbocycles. The third-order valence-corrected chi connectivity index (χ3v) is 9.00. The molecule has 5 rings (SSSR count). The molecule has 5 aliphatic rings. The summed E-state index contributed by atoms with van der Waals surface area (Å²) in [6.07, 6.45) is -2.44. The molecule has 178 valence electrons. The van der Waals surface area contributed by atoms with E-state index in [1.807, 2.05) is 13.8 Å². The minimum atomic E-state index is -2.07. The van der Waals surface area contributed by atoms with Gasteiger partial charge >= 0.3 is 11.9 Å². The molecule has 0 radical (unpaired) electrons. The minimum Gasteiger partial charge on any atom is -0.463 e. The van der Waals surface area contributed by atoms with Gasteiger partial charge in [0.2, 0.25) is 0 Å². The number of aliphatic hydroxyl groups is 3. The summed E-state index contributed by atoms with van der Waals surface area (Å²) in [4.78, 5) is 25.7. The lowest BCUT2D eigenvalue weighted by molar-refractivity contribution is -0.250. The first-order chi connectivity index (χ1) is 15.0. The van der Waals surface area contributed by atoms with Crippen molar-refractivity contribution in [2.75, 3.05) is 20.8 Å². The first kappa shape index (κ1) is 22.2. The maximum atomic E-state index is 13.1. The van der Waals surface area contributed by atoms with Gasteiger partial charge in [0.1, 0.15) is 12.2 Å². The molecule has 3 N–H and O–H groups in total. The Balaban J connectivity index is 1.55. The van der Waals surface area contributed by atoms with Crippen molar-refractivity contribution >= 4 is 11.9 Å². The van der Waals surface area contributed by atoms with E-state index in [4.69, 9.17) is 23.7 Å². The van der Waals surface area contributed by atoms with Crippen LogP contribution in [-0.4, -0.2) is 84.1 Å². The quantitative estimate of drug-likeness (QED) is 0.484. The predicted molar refractivity (Wildman–Crippen MR) is 105 cm³/mol. The molecule has 4 fully saturated rings. The molecule has 3 heterocycles. The zero-order chi connectivity index (χ0) is 23.3. The second kappa shape index (κ2) is 6.74. The number of hydrogen-bond donors (Lipinski definition) is 3. The smallest absolute Gasteiger partial charge is 0.339 e. The summed E-state index contributed by atoms with van der Waals surface area (Å²) in [7, 11) is 2.64. The van der Waals surface area contributed by atoms with E-state index in [0.717, 1.165) is 0 Å².